The first-order valence-corrected chi connectivity index (χ1v) is 10.6. The van der Waals surface area contributed by atoms with Gasteiger partial charge in [0.1, 0.15) is 11.6 Å². The number of alkyl halides is 3. The van der Waals surface area contributed by atoms with Crippen LogP contribution in [0.15, 0.2) is 36.4 Å². The Labute approximate surface area is 178 Å². The molecule has 31 heavy (non-hydrogen) atoms. The van der Waals surface area contributed by atoms with Crippen LogP contribution in [0, 0.1) is 5.82 Å². The molecule has 164 valence electrons. The third kappa shape index (κ3) is 3.78. The number of benzene rings is 2. The summed E-state index contributed by atoms with van der Waals surface area (Å²) in [6, 6.07) is 8.83. The number of hydrogen-bond donors (Lipinski definition) is 0. The quantitative estimate of drug-likeness (QED) is 0.543. The second kappa shape index (κ2) is 7.51. The van der Waals surface area contributed by atoms with Gasteiger partial charge in [0.25, 0.3) is 0 Å². The lowest BCUT2D eigenvalue weighted by atomic mass is 10.00. The number of hydrogen-bond acceptors (Lipinski definition) is 3. The van der Waals surface area contributed by atoms with Crippen LogP contribution in [-0.4, -0.2) is 40.6 Å². The van der Waals surface area contributed by atoms with Crippen LogP contribution in [-0.2, 0) is 19.1 Å². The third-order valence-corrected chi connectivity index (χ3v) is 6.47. The second-order valence-electron chi connectivity index (χ2n) is 8.53. The molecule has 0 N–H and O–H groups in total. The summed E-state index contributed by atoms with van der Waals surface area (Å²) in [6.45, 7) is 5.92. The minimum absolute atomic E-state index is 0.238. The van der Waals surface area contributed by atoms with Crippen molar-refractivity contribution < 1.29 is 17.6 Å². The summed E-state index contributed by atoms with van der Waals surface area (Å²) in [5.74, 6) is 0.718. The minimum Gasteiger partial charge on any atom is -0.369 e. The molecule has 1 saturated heterocycles. The van der Waals surface area contributed by atoms with Gasteiger partial charge in [-0.2, -0.15) is 13.2 Å². The van der Waals surface area contributed by atoms with E-state index in [4.69, 9.17) is 4.98 Å². The molecule has 3 heterocycles. The highest BCUT2D eigenvalue weighted by atomic mass is 19.4. The van der Waals surface area contributed by atoms with E-state index in [2.05, 4.69) is 21.3 Å². The highest BCUT2D eigenvalue weighted by Gasteiger charge is 2.30. The zero-order valence-corrected chi connectivity index (χ0v) is 17.3. The van der Waals surface area contributed by atoms with Gasteiger partial charge in [-0.1, -0.05) is 0 Å². The Morgan fingerprint density at radius 2 is 1.74 bits per heavy atom. The van der Waals surface area contributed by atoms with E-state index in [0.717, 1.165) is 79.3 Å². The number of nitrogens with zero attached hydrogens (tertiary/aromatic N) is 4. The molecular formula is C23H24F4N4. The molecule has 0 saturated carbocycles. The van der Waals surface area contributed by atoms with Crippen molar-refractivity contribution in [1.82, 2.24) is 14.5 Å². The van der Waals surface area contributed by atoms with Gasteiger partial charge in [-0.25, -0.2) is 9.37 Å². The summed E-state index contributed by atoms with van der Waals surface area (Å²) in [5.41, 5.74) is 2.99. The van der Waals surface area contributed by atoms with E-state index in [1.54, 1.807) is 18.2 Å². The molecule has 0 bridgehead atoms. The van der Waals surface area contributed by atoms with Gasteiger partial charge < -0.3 is 9.47 Å². The normalized spacial score (nSPS) is 19.9. The number of piperazine rings is 1. The van der Waals surface area contributed by atoms with Crippen LogP contribution in [0.1, 0.15) is 36.3 Å². The molecule has 0 aliphatic carbocycles. The predicted molar refractivity (Wildman–Crippen MR) is 112 cm³/mol. The van der Waals surface area contributed by atoms with Crippen molar-refractivity contribution in [3.8, 4) is 0 Å². The lowest BCUT2D eigenvalue weighted by Gasteiger charge is -2.36. The summed E-state index contributed by atoms with van der Waals surface area (Å²) in [5, 5.41) is 0. The van der Waals surface area contributed by atoms with Crippen molar-refractivity contribution in [2.24, 2.45) is 0 Å². The molecule has 8 heteroatoms. The maximum Gasteiger partial charge on any atom is 0.416 e. The van der Waals surface area contributed by atoms with Crippen LogP contribution in [0.5, 0.6) is 0 Å². The standard InChI is InChI=1S/C23H24F4N4/c1-15-2-3-16-12-18(24)13-20-22(16)31(15)21(28-20)14-29-8-10-30(11-9-29)19-6-4-17(5-7-19)23(25,26)27/h4-7,12-13,15H,2-3,8-11,14H2,1H3/t15-/m0/s1. The maximum atomic E-state index is 14.0. The fourth-order valence-corrected chi connectivity index (χ4v) is 4.82. The summed E-state index contributed by atoms with van der Waals surface area (Å²) in [7, 11) is 0. The van der Waals surface area contributed by atoms with E-state index < -0.39 is 11.7 Å². The topological polar surface area (TPSA) is 24.3 Å². The Bertz CT molecular complexity index is 1100. The van der Waals surface area contributed by atoms with Crippen molar-refractivity contribution in [2.45, 2.75) is 38.5 Å². The molecule has 5 rings (SSSR count). The smallest absolute Gasteiger partial charge is 0.369 e. The maximum absolute atomic E-state index is 14.0. The van der Waals surface area contributed by atoms with Crippen molar-refractivity contribution in [3.63, 3.8) is 0 Å². The summed E-state index contributed by atoms with van der Waals surface area (Å²) in [6.07, 6.45) is -2.48. The molecular weight excluding hydrogens is 408 g/mol. The monoisotopic (exact) mass is 432 g/mol. The Balaban J connectivity index is 1.30. The van der Waals surface area contributed by atoms with Gasteiger partial charge in [0.2, 0.25) is 0 Å². The number of aryl methyl sites for hydroxylation is 1. The average molecular weight is 432 g/mol. The molecule has 1 atom stereocenters. The van der Waals surface area contributed by atoms with E-state index in [1.165, 1.54) is 6.07 Å². The van der Waals surface area contributed by atoms with E-state index in [-0.39, 0.29) is 5.82 Å². The summed E-state index contributed by atoms with van der Waals surface area (Å²) >= 11 is 0. The first-order chi connectivity index (χ1) is 14.8. The highest BCUT2D eigenvalue weighted by molar-refractivity contribution is 5.80. The molecule has 0 unspecified atom stereocenters. The lowest BCUT2D eigenvalue weighted by Crippen LogP contribution is -2.46. The fraction of sp³-hybridized carbons (Fsp3) is 0.435. The molecule has 0 spiro atoms. The predicted octanol–water partition coefficient (Wildman–Crippen LogP) is 5.02. The van der Waals surface area contributed by atoms with E-state index in [0.29, 0.717) is 12.6 Å². The number of aromatic nitrogens is 2. The number of rotatable bonds is 3. The van der Waals surface area contributed by atoms with Gasteiger partial charge in [0.05, 0.1) is 23.1 Å². The van der Waals surface area contributed by atoms with Crippen molar-refractivity contribution >= 4 is 16.7 Å². The van der Waals surface area contributed by atoms with Gasteiger partial charge in [-0.05, 0) is 55.7 Å². The van der Waals surface area contributed by atoms with Crippen LogP contribution >= 0.6 is 0 Å². The summed E-state index contributed by atoms with van der Waals surface area (Å²) in [4.78, 5) is 9.18. The first kappa shape index (κ1) is 20.3. The van der Waals surface area contributed by atoms with E-state index in [1.807, 2.05) is 0 Å². The summed E-state index contributed by atoms with van der Waals surface area (Å²) < 4.78 is 54.6. The molecule has 0 amide bonds. The average Bonchev–Trinajstić information content (AvgIpc) is 3.09. The largest absolute Gasteiger partial charge is 0.416 e. The van der Waals surface area contributed by atoms with E-state index >= 15 is 0 Å². The molecule has 0 radical (unpaired) electrons. The van der Waals surface area contributed by atoms with Crippen molar-refractivity contribution in [3.05, 3.63) is 59.2 Å². The van der Waals surface area contributed by atoms with E-state index in [9.17, 15) is 17.6 Å². The highest BCUT2D eigenvalue weighted by Crippen LogP contribution is 2.34. The molecule has 2 aromatic carbocycles. The fourth-order valence-electron chi connectivity index (χ4n) is 4.82. The number of anilines is 1. The SMILES string of the molecule is C[C@H]1CCc2cc(F)cc3nc(CN4CCN(c5ccc(C(F)(F)F)cc5)CC4)n1c23. The van der Waals surface area contributed by atoms with Crippen LogP contribution in [0.2, 0.25) is 0 Å². The van der Waals surface area contributed by atoms with Gasteiger partial charge in [-0.15, -0.1) is 0 Å². The zero-order chi connectivity index (χ0) is 21.8. The molecule has 2 aliphatic heterocycles. The zero-order valence-electron chi connectivity index (χ0n) is 17.3. The second-order valence-corrected chi connectivity index (χ2v) is 8.53. The van der Waals surface area contributed by atoms with Gasteiger partial charge in [0, 0.05) is 44.0 Å². The molecule has 1 fully saturated rings. The Hall–Kier alpha value is -2.61. The Kier molecular flexibility index (Phi) is 4.92. The Morgan fingerprint density at radius 1 is 1.03 bits per heavy atom. The van der Waals surface area contributed by atoms with Gasteiger partial charge in [-0.3, -0.25) is 4.90 Å². The number of halogens is 4. The van der Waals surface area contributed by atoms with Crippen molar-refractivity contribution in [2.75, 3.05) is 31.1 Å². The Morgan fingerprint density at radius 3 is 2.42 bits per heavy atom. The van der Waals surface area contributed by atoms with Gasteiger partial charge in [0.15, 0.2) is 0 Å². The van der Waals surface area contributed by atoms with Crippen LogP contribution in [0.4, 0.5) is 23.2 Å². The van der Waals surface area contributed by atoms with Crippen LogP contribution in [0.3, 0.4) is 0 Å². The molecule has 2 aliphatic rings. The minimum atomic E-state index is -4.31. The van der Waals surface area contributed by atoms with Crippen LogP contribution in [0.25, 0.3) is 11.0 Å². The molecule has 1 aromatic heterocycles. The number of imidazole rings is 1. The van der Waals surface area contributed by atoms with Crippen LogP contribution < -0.4 is 4.90 Å². The van der Waals surface area contributed by atoms with Crippen molar-refractivity contribution in [1.29, 1.82) is 0 Å². The molecule has 3 aromatic rings. The lowest BCUT2D eigenvalue weighted by molar-refractivity contribution is -0.137. The third-order valence-electron chi connectivity index (χ3n) is 6.47. The molecule has 4 nitrogen and oxygen atoms in total. The van der Waals surface area contributed by atoms with Gasteiger partial charge >= 0.3 is 6.18 Å². The first-order valence-electron chi connectivity index (χ1n) is 10.6.